The lowest BCUT2D eigenvalue weighted by Gasteiger charge is -2.32. The van der Waals surface area contributed by atoms with E-state index >= 15 is 0 Å². The molecule has 6 heteroatoms. The molecule has 1 fully saturated rings. The molecular formula is C14H21F3N2O. The Morgan fingerprint density at radius 2 is 1.80 bits per heavy atom. The highest BCUT2D eigenvalue weighted by Gasteiger charge is 2.31. The average Bonchev–Trinajstić information content (AvgIpc) is 2.40. The summed E-state index contributed by atoms with van der Waals surface area (Å²) >= 11 is 0. The van der Waals surface area contributed by atoms with Crippen molar-refractivity contribution in [2.45, 2.75) is 39.1 Å². The zero-order valence-corrected chi connectivity index (χ0v) is 11.8. The Labute approximate surface area is 117 Å². The lowest BCUT2D eigenvalue weighted by Crippen LogP contribution is -2.42. The molecule has 0 saturated carbocycles. The number of alkyl halides is 3. The molecule has 0 spiro atoms. The number of anilines is 1. The van der Waals surface area contributed by atoms with Gasteiger partial charge in [-0.15, -0.1) is 13.2 Å². The van der Waals surface area contributed by atoms with E-state index < -0.39 is 6.36 Å². The van der Waals surface area contributed by atoms with Gasteiger partial charge in [-0.25, -0.2) is 0 Å². The Morgan fingerprint density at radius 1 is 1.20 bits per heavy atom. The Bertz CT molecular complexity index is 392. The van der Waals surface area contributed by atoms with Crippen molar-refractivity contribution < 1.29 is 17.9 Å². The van der Waals surface area contributed by atoms with Crippen LogP contribution in [0.5, 0.6) is 5.75 Å². The summed E-state index contributed by atoms with van der Waals surface area (Å²) in [5.41, 5.74) is 6.74. The minimum atomic E-state index is -4.64. The van der Waals surface area contributed by atoms with Crippen LogP contribution in [-0.4, -0.2) is 25.5 Å². The van der Waals surface area contributed by atoms with Crippen molar-refractivity contribution in [1.29, 1.82) is 0 Å². The topological polar surface area (TPSA) is 38.5 Å². The van der Waals surface area contributed by atoms with Crippen molar-refractivity contribution in [3.63, 3.8) is 0 Å². The molecule has 0 aliphatic carbocycles. The summed E-state index contributed by atoms with van der Waals surface area (Å²) in [5.74, 6) is -0.201. The molecule has 1 aliphatic heterocycles. The van der Waals surface area contributed by atoms with Gasteiger partial charge < -0.3 is 15.4 Å². The maximum absolute atomic E-state index is 12.0. The Morgan fingerprint density at radius 3 is 2.30 bits per heavy atom. The predicted octanol–water partition coefficient (Wildman–Crippen LogP) is 3.54. The summed E-state index contributed by atoms with van der Waals surface area (Å²) in [4.78, 5) is 2.07. The van der Waals surface area contributed by atoms with E-state index in [-0.39, 0.29) is 11.8 Å². The molecule has 2 rings (SSSR count). The number of nitrogens with two attached hydrogens (primary N) is 1. The highest BCUT2D eigenvalue weighted by molar-refractivity contribution is 5.49. The summed E-state index contributed by atoms with van der Waals surface area (Å²) in [7, 11) is 0. The van der Waals surface area contributed by atoms with Crippen LogP contribution in [0, 0.1) is 0 Å². The maximum atomic E-state index is 12.0. The molecule has 1 atom stereocenters. The number of hydrogen-bond donors (Lipinski definition) is 1. The zero-order valence-electron chi connectivity index (χ0n) is 11.8. The Kier molecular flexibility index (Phi) is 6.13. The number of halogens is 3. The van der Waals surface area contributed by atoms with Crippen LogP contribution in [0.1, 0.15) is 26.7 Å². The molecule has 1 aromatic carbocycles. The van der Waals surface area contributed by atoms with Gasteiger partial charge in [0, 0.05) is 24.8 Å². The molecule has 0 bridgehead atoms. The number of nitrogens with zero attached hydrogens (tertiary/aromatic N) is 1. The summed E-state index contributed by atoms with van der Waals surface area (Å²) in [6, 6.07) is 6.02. The first kappa shape index (κ1) is 16.6. The van der Waals surface area contributed by atoms with E-state index in [9.17, 15) is 13.2 Å². The lowest BCUT2D eigenvalue weighted by atomic mass is 10.1. The Balaban J connectivity index is 0.000000956. The van der Waals surface area contributed by atoms with Gasteiger partial charge in [0.25, 0.3) is 0 Å². The number of benzene rings is 1. The quantitative estimate of drug-likeness (QED) is 0.905. The fourth-order valence-electron chi connectivity index (χ4n) is 2.10. The third kappa shape index (κ3) is 5.28. The van der Waals surface area contributed by atoms with E-state index in [0.717, 1.165) is 31.6 Å². The number of rotatable bonds is 2. The van der Waals surface area contributed by atoms with Crippen LogP contribution in [-0.2, 0) is 0 Å². The van der Waals surface area contributed by atoms with Gasteiger partial charge in [0.1, 0.15) is 5.75 Å². The Hall–Kier alpha value is -1.43. The van der Waals surface area contributed by atoms with Crippen molar-refractivity contribution in [3.8, 4) is 5.75 Å². The van der Waals surface area contributed by atoms with Crippen LogP contribution in [0.15, 0.2) is 24.3 Å². The van der Waals surface area contributed by atoms with Gasteiger partial charge in [-0.1, -0.05) is 13.8 Å². The standard InChI is InChI=1S/C12H15F3N2O.C2H6/c13-12(14,15)18-11-5-3-10(4-6-11)17-7-1-2-9(16)8-17;1-2/h3-6,9H,1-2,7-8,16H2;1-2H3. The predicted molar refractivity (Wildman–Crippen MR) is 73.9 cm³/mol. The van der Waals surface area contributed by atoms with Crippen LogP contribution in [0.25, 0.3) is 0 Å². The molecule has 1 aliphatic rings. The fraction of sp³-hybridized carbons (Fsp3) is 0.571. The van der Waals surface area contributed by atoms with Gasteiger partial charge in [0.2, 0.25) is 0 Å². The van der Waals surface area contributed by atoms with Crippen molar-refractivity contribution in [1.82, 2.24) is 0 Å². The molecule has 0 aromatic heterocycles. The van der Waals surface area contributed by atoms with Crippen LogP contribution < -0.4 is 15.4 Å². The maximum Gasteiger partial charge on any atom is 0.573 e. The molecule has 3 nitrogen and oxygen atoms in total. The van der Waals surface area contributed by atoms with Gasteiger partial charge in [-0.05, 0) is 37.1 Å². The molecule has 114 valence electrons. The third-order valence-corrected chi connectivity index (χ3v) is 2.89. The first-order chi connectivity index (χ1) is 9.44. The second kappa shape index (κ2) is 7.38. The summed E-state index contributed by atoms with van der Waals surface area (Å²) in [6.07, 6.45) is -2.65. The molecule has 0 radical (unpaired) electrons. The average molecular weight is 290 g/mol. The van der Waals surface area contributed by atoms with Gasteiger partial charge in [0.05, 0.1) is 0 Å². The van der Waals surface area contributed by atoms with E-state index in [1.54, 1.807) is 12.1 Å². The summed E-state index contributed by atoms with van der Waals surface area (Å²) < 4.78 is 39.8. The molecule has 2 N–H and O–H groups in total. The lowest BCUT2D eigenvalue weighted by molar-refractivity contribution is -0.274. The molecular weight excluding hydrogens is 269 g/mol. The molecule has 1 heterocycles. The number of ether oxygens (including phenoxy) is 1. The third-order valence-electron chi connectivity index (χ3n) is 2.89. The van der Waals surface area contributed by atoms with Gasteiger partial charge in [-0.2, -0.15) is 0 Å². The zero-order chi connectivity index (χ0) is 15.2. The van der Waals surface area contributed by atoms with Gasteiger partial charge in [-0.3, -0.25) is 0 Å². The van der Waals surface area contributed by atoms with Crippen LogP contribution >= 0.6 is 0 Å². The number of piperidine rings is 1. The van der Waals surface area contributed by atoms with Crippen molar-refractivity contribution in [2.24, 2.45) is 5.73 Å². The highest BCUT2D eigenvalue weighted by Crippen LogP contribution is 2.26. The van der Waals surface area contributed by atoms with Crippen molar-refractivity contribution in [3.05, 3.63) is 24.3 Å². The van der Waals surface area contributed by atoms with Crippen LogP contribution in [0.4, 0.5) is 18.9 Å². The van der Waals surface area contributed by atoms with Crippen molar-refractivity contribution >= 4 is 5.69 Å². The highest BCUT2D eigenvalue weighted by atomic mass is 19.4. The van der Waals surface area contributed by atoms with E-state index in [1.165, 1.54) is 12.1 Å². The minimum Gasteiger partial charge on any atom is -0.406 e. The van der Waals surface area contributed by atoms with Gasteiger partial charge >= 0.3 is 6.36 Å². The van der Waals surface area contributed by atoms with Gasteiger partial charge in [0.15, 0.2) is 0 Å². The van der Waals surface area contributed by atoms with Crippen LogP contribution in [0.3, 0.4) is 0 Å². The minimum absolute atomic E-state index is 0.129. The molecule has 20 heavy (non-hydrogen) atoms. The molecule has 0 amide bonds. The van der Waals surface area contributed by atoms with Crippen LogP contribution in [0.2, 0.25) is 0 Å². The normalized spacial score (nSPS) is 19.1. The smallest absolute Gasteiger partial charge is 0.406 e. The molecule has 1 unspecified atom stereocenters. The SMILES string of the molecule is CC.NC1CCCN(c2ccc(OC(F)(F)F)cc2)C1. The fourth-order valence-corrected chi connectivity index (χ4v) is 2.10. The van der Waals surface area contributed by atoms with E-state index in [1.807, 2.05) is 13.8 Å². The van der Waals surface area contributed by atoms with E-state index in [4.69, 9.17) is 5.73 Å². The number of hydrogen-bond acceptors (Lipinski definition) is 3. The summed E-state index contributed by atoms with van der Waals surface area (Å²) in [6.45, 7) is 5.62. The van der Waals surface area contributed by atoms with Crippen molar-refractivity contribution in [2.75, 3.05) is 18.0 Å². The monoisotopic (exact) mass is 290 g/mol. The molecule has 1 saturated heterocycles. The largest absolute Gasteiger partial charge is 0.573 e. The molecule has 1 aromatic rings. The second-order valence-electron chi connectivity index (χ2n) is 4.39. The first-order valence-electron chi connectivity index (χ1n) is 6.80. The summed E-state index contributed by atoms with van der Waals surface area (Å²) in [5, 5.41) is 0. The van der Waals surface area contributed by atoms with E-state index in [0.29, 0.717) is 0 Å². The second-order valence-corrected chi connectivity index (χ2v) is 4.39. The van der Waals surface area contributed by atoms with E-state index in [2.05, 4.69) is 9.64 Å². The first-order valence-corrected chi connectivity index (χ1v) is 6.80.